The second kappa shape index (κ2) is 2.56. The summed E-state index contributed by atoms with van der Waals surface area (Å²) in [5.41, 5.74) is 0.317. The molecule has 0 aliphatic carbocycles. The molecule has 1 aromatic rings. The first kappa shape index (κ1) is 8.25. The minimum absolute atomic E-state index is 0.130. The number of carbonyl (C=O) groups is 1. The lowest BCUT2D eigenvalue weighted by atomic mass is 9.83. The molecule has 0 aromatic carbocycles. The van der Waals surface area contributed by atoms with E-state index in [-0.39, 0.29) is 11.0 Å². The number of rotatable bonds is 2. The monoisotopic (exact) mass is 183 g/mol. The number of hydrogen-bond donors (Lipinski definition) is 1. The molecule has 0 atom stereocenters. The summed E-state index contributed by atoms with van der Waals surface area (Å²) >= 11 is 0. The summed E-state index contributed by atoms with van der Waals surface area (Å²) in [6.45, 7) is 2.90. The summed E-state index contributed by atoms with van der Waals surface area (Å²) in [5.74, 6) is -1.01. The van der Waals surface area contributed by atoms with Crippen LogP contribution in [-0.4, -0.2) is 29.4 Å². The lowest BCUT2D eigenvalue weighted by Gasteiger charge is -2.36. The van der Waals surface area contributed by atoms with Crippen LogP contribution in [0.1, 0.15) is 23.0 Å². The van der Waals surface area contributed by atoms with Crippen LogP contribution in [0.5, 0.6) is 0 Å². The molecule has 0 bridgehead atoms. The van der Waals surface area contributed by atoms with Gasteiger partial charge in [0.15, 0.2) is 0 Å². The number of hydrogen-bond acceptors (Lipinski definition) is 4. The molecule has 1 aliphatic rings. The van der Waals surface area contributed by atoms with Crippen LogP contribution in [0.2, 0.25) is 0 Å². The van der Waals surface area contributed by atoms with Gasteiger partial charge in [0.2, 0.25) is 0 Å². The molecule has 0 saturated carbocycles. The van der Waals surface area contributed by atoms with E-state index in [0.717, 1.165) is 6.26 Å². The van der Waals surface area contributed by atoms with Crippen LogP contribution in [0.4, 0.5) is 0 Å². The number of ether oxygens (including phenoxy) is 1. The third-order valence-electron chi connectivity index (χ3n) is 2.21. The molecule has 5 nitrogen and oxygen atoms in total. The Morgan fingerprint density at radius 2 is 2.38 bits per heavy atom. The molecule has 5 heteroatoms. The van der Waals surface area contributed by atoms with Crippen LogP contribution in [0.15, 0.2) is 10.8 Å². The van der Waals surface area contributed by atoms with Crippen LogP contribution in [0, 0.1) is 0 Å². The molecule has 0 unspecified atom stereocenters. The Balaban J connectivity index is 2.39. The van der Waals surface area contributed by atoms with Crippen molar-refractivity contribution in [2.24, 2.45) is 0 Å². The van der Waals surface area contributed by atoms with Gasteiger partial charge >= 0.3 is 5.97 Å². The molecule has 2 heterocycles. The first-order valence-corrected chi connectivity index (χ1v) is 3.89. The fourth-order valence-electron chi connectivity index (χ4n) is 1.37. The van der Waals surface area contributed by atoms with Gasteiger partial charge in [-0.05, 0) is 6.92 Å². The van der Waals surface area contributed by atoms with Crippen LogP contribution in [-0.2, 0) is 10.2 Å². The number of aromatic nitrogens is 1. The lowest BCUT2D eigenvalue weighted by Crippen LogP contribution is -2.45. The van der Waals surface area contributed by atoms with Crippen LogP contribution >= 0.6 is 0 Å². The van der Waals surface area contributed by atoms with Gasteiger partial charge in [0.1, 0.15) is 17.5 Å². The van der Waals surface area contributed by atoms with Crippen LogP contribution in [0.3, 0.4) is 0 Å². The van der Waals surface area contributed by atoms with Crippen LogP contribution < -0.4 is 0 Å². The minimum atomic E-state index is -1.01. The number of carboxylic acids is 1. The molecule has 13 heavy (non-hydrogen) atoms. The topological polar surface area (TPSA) is 72.6 Å². The van der Waals surface area contributed by atoms with E-state index < -0.39 is 5.97 Å². The molecule has 0 amide bonds. The summed E-state index contributed by atoms with van der Waals surface area (Å²) < 4.78 is 9.66. The Bertz CT molecular complexity index is 340. The first-order chi connectivity index (χ1) is 6.13. The number of nitrogens with zero attached hydrogens (tertiary/aromatic N) is 1. The van der Waals surface area contributed by atoms with Crippen molar-refractivity contribution in [3.63, 3.8) is 0 Å². The van der Waals surface area contributed by atoms with Gasteiger partial charge in [-0.2, -0.15) is 0 Å². The third kappa shape index (κ3) is 1.12. The Hall–Kier alpha value is -1.36. The molecular weight excluding hydrogens is 174 g/mol. The summed E-state index contributed by atoms with van der Waals surface area (Å²) in [6, 6.07) is 0. The van der Waals surface area contributed by atoms with Gasteiger partial charge in [-0.3, -0.25) is 0 Å². The van der Waals surface area contributed by atoms with Crippen LogP contribution in [0.25, 0.3) is 0 Å². The molecule has 2 rings (SSSR count). The van der Waals surface area contributed by atoms with Gasteiger partial charge in [-0.1, -0.05) is 5.16 Å². The Morgan fingerprint density at radius 1 is 1.69 bits per heavy atom. The second-order valence-corrected chi connectivity index (χ2v) is 3.44. The maximum Gasteiger partial charge on any atom is 0.340 e. The van der Waals surface area contributed by atoms with Gasteiger partial charge in [0, 0.05) is 0 Å². The van der Waals surface area contributed by atoms with E-state index in [1.165, 1.54) is 0 Å². The predicted octanol–water partition coefficient (Wildman–Crippen LogP) is 0.661. The van der Waals surface area contributed by atoms with E-state index >= 15 is 0 Å². The van der Waals surface area contributed by atoms with Crippen molar-refractivity contribution in [1.82, 2.24) is 5.16 Å². The highest BCUT2D eigenvalue weighted by Crippen LogP contribution is 2.32. The SMILES string of the molecule is CC1(c2nocc2C(=O)O)COC1. The fraction of sp³-hybridized carbons (Fsp3) is 0.500. The highest BCUT2D eigenvalue weighted by molar-refractivity contribution is 5.88. The number of aromatic carboxylic acids is 1. The zero-order valence-electron chi connectivity index (χ0n) is 7.11. The van der Waals surface area contributed by atoms with Crippen molar-refractivity contribution in [1.29, 1.82) is 0 Å². The van der Waals surface area contributed by atoms with Gasteiger partial charge in [0.25, 0.3) is 0 Å². The maximum absolute atomic E-state index is 10.7. The highest BCUT2D eigenvalue weighted by atomic mass is 16.5. The average Bonchev–Trinajstić information content (AvgIpc) is 2.47. The smallest absolute Gasteiger partial charge is 0.340 e. The van der Waals surface area contributed by atoms with E-state index in [4.69, 9.17) is 9.84 Å². The van der Waals surface area contributed by atoms with Crippen molar-refractivity contribution in [2.45, 2.75) is 12.3 Å². The number of carboxylic acid groups (broad SMARTS) is 1. The quantitative estimate of drug-likeness (QED) is 0.729. The third-order valence-corrected chi connectivity index (χ3v) is 2.21. The van der Waals surface area contributed by atoms with Gasteiger partial charge in [-0.15, -0.1) is 0 Å². The van der Waals surface area contributed by atoms with Gasteiger partial charge in [-0.25, -0.2) is 4.79 Å². The average molecular weight is 183 g/mol. The van der Waals surface area contributed by atoms with Gasteiger partial charge < -0.3 is 14.4 Å². The summed E-state index contributed by atoms with van der Waals surface area (Å²) in [4.78, 5) is 10.7. The van der Waals surface area contributed by atoms with Gasteiger partial charge in [0.05, 0.1) is 18.6 Å². The van der Waals surface area contributed by atoms with E-state index in [9.17, 15) is 4.79 Å². The van der Waals surface area contributed by atoms with E-state index in [1.807, 2.05) is 6.92 Å². The van der Waals surface area contributed by atoms with Crippen molar-refractivity contribution in [3.8, 4) is 0 Å². The summed E-state index contributed by atoms with van der Waals surface area (Å²) in [7, 11) is 0. The van der Waals surface area contributed by atoms with Crippen molar-refractivity contribution < 1.29 is 19.2 Å². The Kier molecular flexibility index (Phi) is 1.63. The fourth-order valence-corrected chi connectivity index (χ4v) is 1.37. The second-order valence-electron chi connectivity index (χ2n) is 3.44. The largest absolute Gasteiger partial charge is 0.478 e. The lowest BCUT2D eigenvalue weighted by molar-refractivity contribution is -0.0536. The van der Waals surface area contributed by atoms with Crippen molar-refractivity contribution in [2.75, 3.05) is 13.2 Å². The zero-order valence-corrected chi connectivity index (χ0v) is 7.11. The normalized spacial score (nSPS) is 19.5. The van der Waals surface area contributed by atoms with E-state index in [0.29, 0.717) is 18.9 Å². The Labute approximate surface area is 74.3 Å². The molecule has 0 spiro atoms. The zero-order chi connectivity index (χ0) is 9.47. The van der Waals surface area contributed by atoms with E-state index in [2.05, 4.69) is 9.68 Å². The molecule has 1 saturated heterocycles. The molecule has 1 aromatic heterocycles. The standard InChI is InChI=1S/C8H9NO4/c1-8(3-12-4-8)6-5(7(10)11)2-13-9-6/h2H,3-4H2,1H3,(H,10,11). The molecule has 1 aliphatic heterocycles. The Morgan fingerprint density at radius 3 is 2.85 bits per heavy atom. The predicted molar refractivity (Wildman–Crippen MR) is 41.6 cm³/mol. The highest BCUT2D eigenvalue weighted by Gasteiger charge is 2.41. The molecule has 70 valence electrons. The molecular formula is C8H9NO4. The first-order valence-electron chi connectivity index (χ1n) is 3.89. The summed E-state index contributed by atoms with van der Waals surface area (Å²) in [5, 5.41) is 12.5. The summed E-state index contributed by atoms with van der Waals surface area (Å²) in [6.07, 6.45) is 1.15. The van der Waals surface area contributed by atoms with E-state index in [1.54, 1.807) is 0 Å². The molecule has 1 fully saturated rings. The maximum atomic E-state index is 10.7. The molecule has 1 N–H and O–H groups in total. The molecule has 0 radical (unpaired) electrons. The van der Waals surface area contributed by atoms with Crippen molar-refractivity contribution >= 4 is 5.97 Å². The van der Waals surface area contributed by atoms with Crippen molar-refractivity contribution in [3.05, 3.63) is 17.5 Å². The minimum Gasteiger partial charge on any atom is -0.478 e.